The molecule has 7 nitrogen and oxygen atoms in total. The molecule has 0 aliphatic carbocycles. The molecule has 3 N–H and O–H groups in total. The zero-order chi connectivity index (χ0) is 15.7. The van der Waals surface area contributed by atoms with Gasteiger partial charge in [0.25, 0.3) is 0 Å². The molecule has 0 fully saturated rings. The molecule has 0 aromatic carbocycles. The van der Waals surface area contributed by atoms with Crippen molar-refractivity contribution in [2.45, 2.75) is 52.6 Å². The number of carboxylic acids is 1. The smallest absolute Gasteiger partial charge is 0.323 e. The van der Waals surface area contributed by atoms with Crippen molar-refractivity contribution in [1.29, 1.82) is 0 Å². The highest BCUT2D eigenvalue weighted by Crippen LogP contribution is 2.03. The summed E-state index contributed by atoms with van der Waals surface area (Å²) in [4.78, 5) is 35.3. The zero-order valence-corrected chi connectivity index (χ0v) is 12.6. The van der Waals surface area contributed by atoms with Gasteiger partial charge in [-0.15, -0.1) is 0 Å². The predicted molar refractivity (Wildman–Crippen MR) is 75.4 cm³/mol. The summed E-state index contributed by atoms with van der Waals surface area (Å²) in [5.41, 5.74) is 0. The van der Waals surface area contributed by atoms with Crippen molar-refractivity contribution in [2.75, 3.05) is 13.1 Å². The lowest BCUT2D eigenvalue weighted by Crippen LogP contribution is -2.48. The van der Waals surface area contributed by atoms with Gasteiger partial charge in [-0.25, -0.2) is 4.79 Å². The molecular formula is C13H25N3O4. The van der Waals surface area contributed by atoms with Crippen molar-refractivity contribution in [3.63, 3.8) is 0 Å². The first-order valence-electron chi connectivity index (χ1n) is 6.83. The summed E-state index contributed by atoms with van der Waals surface area (Å²) < 4.78 is 0. The molecule has 0 saturated carbocycles. The van der Waals surface area contributed by atoms with Crippen LogP contribution in [0.4, 0.5) is 4.79 Å². The number of carbonyl (C=O) groups excluding carboxylic acids is 2. The summed E-state index contributed by atoms with van der Waals surface area (Å²) in [6.07, 6.45) is 0.833. The fourth-order valence-corrected chi connectivity index (χ4v) is 1.57. The SMILES string of the molecule is CCC(C)N(CC(=O)O)C(=O)NCCC(=O)NC(C)C. The zero-order valence-electron chi connectivity index (χ0n) is 12.6. The van der Waals surface area contributed by atoms with Crippen LogP contribution in [0.25, 0.3) is 0 Å². The van der Waals surface area contributed by atoms with Crippen molar-refractivity contribution in [2.24, 2.45) is 0 Å². The molecule has 3 amide bonds. The Bertz CT molecular complexity index is 345. The van der Waals surface area contributed by atoms with E-state index in [2.05, 4.69) is 10.6 Å². The highest BCUT2D eigenvalue weighted by molar-refractivity contribution is 5.81. The Morgan fingerprint density at radius 3 is 2.25 bits per heavy atom. The molecule has 116 valence electrons. The lowest BCUT2D eigenvalue weighted by Gasteiger charge is -2.27. The minimum Gasteiger partial charge on any atom is -0.480 e. The van der Waals surface area contributed by atoms with E-state index in [1.54, 1.807) is 6.92 Å². The van der Waals surface area contributed by atoms with Crippen LogP contribution in [0.3, 0.4) is 0 Å². The number of carboxylic acid groups (broad SMARTS) is 1. The third-order valence-corrected chi connectivity index (χ3v) is 2.77. The van der Waals surface area contributed by atoms with E-state index < -0.39 is 12.0 Å². The summed E-state index contributed by atoms with van der Waals surface area (Å²) in [5, 5.41) is 14.1. The second-order valence-electron chi connectivity index (χ2n) is 4.98. The van der Waals surface area contributed by atoms with Gasteiger partial charge in [0.05, 0.1) is 0 Å². The second-order valence-corrected chi connectivity index (χ2v) is 4.98. The Kier molecular flexibility index (Phi) is 8.35. The fourth-order valence-electron chi connectivity index (χ4n) is 1.57. The highest BCUT2D eigenvalue weighted by Gasteiger charge is 2.21. The molecule has 0 aliphatic rings. The van der Waals surface area contributed by atoms with Crippen LogP contribution in [-0.4, -0.2) is 53.1 Å². The first-order valence-corrected chi connectivity index (χ1v) is 6.83. The number of amides is 3. The topological polar surface area (TPSA) is 98.7 Å². The van der Waals surface area contributed by atoms with Crippen LogP contribution >= 0.6 is 0 Å². The lowest BCUT2D eigenvalue weighted by atomic mass is 10.2. The van der Waals surface area contributed by atoms with Crippen LogP contribution in [0.15, 0.2) is 0 Å². The molecule has 0 aliphatic heterocycles. The van der Waals surface area contributed by atoms with Gasteiger partial charge in [0.15, 0.2) is 0 Å². The van der Waals surface area contributed by atoms with Crippen LogP contribution in [0, 0.1) is 0 Å². The van der Waals surface area contributed by atoms with Gasteiger partial charge in [-0.05, 0) is 27.2 Å². The summed E-state index contributed by atoms with van der Waals surface area (Å²) in [7, 11) is 0. The number of nitrogens with zero attached hydrogens (tertiary/aromatic N) is 1. The van der Waals surface area contributed by atoms with E-state index in [4.69, 9.17) is 5.11 Å². The maximum Gasteiger partial charge on any atom is 0.323 e. The molecule has 0 spiro atoms. The minimum absolute atomic E-state index is 0.0572. The number of carbonyl (C=O) groups is 3. The van der Waals surface area contributed by atoms with E-state index in [1.165, 1.54) is 4.90 Å². The van der Waals surface area contributed by atoms with E-state index in [1.807, 2.05) is 20.8 Å². The number of rotatable bonds is 8. The highest BCUT2D eigenvalue weighted by atomic mass is 16.4. The molecule has 1 unspecified atom stereocenters. The van der Waals surface area contributed by atoms with Gasteiger partial charge >= 0.3 is 12.0 Å². The molecule has 0 bridgehead atoms. The molecule has 0 radical (unpaired) electrons. The largest absolute Gasteiger partial charge is 0.480 e. The first-order chi connectivity index (χ1) is 9.27. The average molecular weight is 287 g/mol. The van der Waals surface area contributed by atoms with Crippen molar-refractivity contribution >= 4 is 17.9 Å². The number of nitrogens with one attached hydrogen (secondary N) is 2. The number of hydrogen-bond donors (Lipinski definition) is 3. The predicted octanol–water partition coefficient (Wildman–Crippen LogP) is 0.796. The first kappa shape index (κ1) is 18.2. The minimum atomic E-state index is -1.06. The Labute approximate surface area is 119 Å². The third-order valence-electron chi connectivity index (χ3n) is 2.77. The Hall–Kier alpha value is -1.79. The van der Waals surface area contributed by atoms with E-state index in [-0.39, 0.29) is 37.5 Å². The summed E-state index contributed by atoms with van der Waals surface area (Å²) in [6.45, 7) is 7.21. The molecule has 0 rings (SSSR count). The average Bonchev–Trinajstić information content (AvgIpc) is 2.33. The number of urea groups is 1. The van der Waals surface area contributed by atoms with Crippen LogP contribution < -0.4 is 10.6 Å². The van der Waals surface area contributed by atoms with E-state index >= 15 is 0 Å². The number of aliphatic carboxylic acids is 1. The van der Waals surface area contributed by atoms with Crippen LogP contribution in [0.2, 0.25) is 0 Å². The molecule has 1 atom stereocenters. The fraction of sp³-hybridized carbons (Fsp3) is 0.769. The van der Waals surface area contributed by atoms with Crippen molar-refractivity contribution in [1.82, 2.24) is 15.5 Å². The van der Waals surface area contributed by atoms with Gasteiger partial charge in [-0.3, -0.25) is 9.59 Å². The van der Waals surface area contributed by atoms with Crippen LogP contribution in [0.5, 0.6) is 0 Å². The van der Waals surface area contributed by atoms with Gasteiger partial charge in [0, 0.05) is 25.0 Å². The van der Waals surface area contributed by atoms with Crippen molar-refractivity contribution < 1.29 is 19.5 Å². The van der Waals surface area contributed by atoms with Gasteiger partial charge in [0.1, 0.15) is 6.54 Å². The van der Waals surface area contributed by atoms with Crippen LogP contribution in [-0.2, 0) is 9.59 Å². The van der Waals surface area contributed by atoms with Crippen LogP contribution in [0.1, 0.15) is 40.5 Å². The molecule has 0 heterocycles. The van der Waals surface area contributed by atoms with Gasteiger partial charge in [-0.1, -0.05) is 6.92 Å². The monoisotopic (exact) mass is 287 g/mol. The maximum absolute atomic E-state index is 11.9. The van der Waals surface area contributed by atoms with Crippen molar-refractivity contribution in [3.05, 3.63) is 0 Å². The van der Waals surface area contributed by atoms with Crippen molar-refractivity contribution in [3.8, 4) is 0 Å². The molecule has 7 heteroatoms. The van der Waals surface area contributed by atoms with E-state index in [0.717, 1.165) is 0 Å². The summed E-state index contributed by atoms with van der Waals surface area (Å²) >= 11 is 0. The normalized spacial score (nSPS) is 11.8. The third kappa shape index (κ3) is 7.60. The van der Waals surface area contributed by atoms with E-state index in [9.17, 15) is 14.4 Å². The maximum atomic E-state index is 11.9. The number of hydrogen-bond acceptors (Lipinski definition) is 3. The molecule has 20 heavy (non-hydrogen) atoms. The Morgan fingerprint density at radius 2 is 1.80 bits per heavy atom. The summed E-state index contributed by atoms with van der Waals surface area (Å²) in [6, 6.07) is -0.573. The molecular weight excluding hydrogens is 262 g/mol. The molecule has 0 aromatic heterocycles. The van der Waals surface area contributed by atoms with Gasteiger partial charge in [-0.2, -0.15) is 0 Å². The quantitative estimate of drug-likeness (QED) is 0.615. The molecule has 0 aromatic rings. The van der Waals surface area contributed by atoms with Gasteiger partial charge < -0.3 is 20.6 Å². The standard InChI is InChI=1S/C13H25N3O4/c1-5-10(4)16(8-12(18)19)13(20)14-7-6-11(17)15-9(2)3/h9-10H,5-8H2,1-4H3,(H,14,20)(H,15,17)(H,18,19). The lowest BCUT2D eigenvalue weighted by molar-refractivity contribution is -0.138. The van der Waals surface area contributed by atoms with E-state index in [0.29, 0.717) is 6.42 Å². The van der Waals surface area contributed by atoms with Gasteiger partial charge in [0.2, 0.25) is 5.91 Å². The molecule has 0 saturated heterocycles. The second kappa shape index (κ2) is 9.17. The Balaban J connectivity index is 4.26. The summed E-state index contributed by atoms with van der Waals surface area (Å²) in [5.74, 6) is -1.20. The Morgan fingerprint density at radius 1 is 1.20 bits per heavy atom.